The maximum Gasteiger partial charge on any atom is 0.170 e. The predicted molar refractivity (Wildman–Crippen MR) is 42.7 cm³/mol. The molecule has 0 saturated carbocycles. The van der Waals surface area contributed by atoms with Gasteiger partial charge in [0.15, 0.2) is 6.29 Å². The van der Waals surface area contributed by atoms with Gasteiger partial charge in [0.1, 0.15) is 11.5 Å². The Morgan fingerprint density at radius 1 is 1.64 bits per heavy atom. The third kappa shape index (κ3) is 1.18. The highest BCUT2D eigenvalue weighted by atomic mass is 16.1. The number of hydrogen-bond donors (Lipinski definition) is 0. The van der Waals surface area contributed by atoms with Crippen molar-refractivity contribution in [3.63, 3.8) is 0 Å². The van der Waals surface area contributed by atoms with Crippen molar-refractivity contribution in [1.82, 2.24) is 9.55 Å². The average molecular weight is 152 g/mol. The molecule has 0 aliphatic rings. The highest BCUT2D eigenvalue weighted by molar-refractivity contribution is 5.73. The first-order valence-electron chi connectivity index (χ1n) is 3.68. The van der Waals surface area contributed by atoms with E-state index in [1.807, 2.05) is 25.5 Å². The second kappa shape index (κ2) is 2.86. The van der Waals surface area contributed by atoms with Crippen LogP contribution in [0.5, 0.6) is 0 Å². The van der Waals surface area contributed by atoms with Crippen molar-refractivity contribution in [3.8, 4) is 0 Å². The van der Waals surface area contributed by atoms with Crippen molar-refractivity contribution < 1.29 is 4.79 Å². The molecule has 60 valence electrons. The summed E-state index contributed by atoms with van der Waals surface area (Å²) in [6.45, 7) is 3.92. The van der Waals surface area contributed by atoms with E-state index in [1.54, 1.807) is 0 Å². The summed E-state index contributed by atoms with van der Waals surface area (Å²) in [7, 11) is 1.92. The summed E-state index contributed by atoms with van der Waals surface area (Å²) < 4.78 is 1.95. The molecule has 0 atom stereocenters. The number of aromatic nitrogens is 2. The van der Waals surface area contributed by atoms with Crippen LogP contribution in [0.4, 0.5) is 0 Å². The summed E-state index contributed by atoms with van der Waals surface area (Å²) in [4.78, 5) is 14.6. The maximum absolute atomic E-state index is 10.4. The zero-order chi connectivity index (χ0) is 8.43. The molecule has 1 rings (SSSR count). The monoisotopic (exact) mass is 152 g/mol. The molecule has 0 amide bonds. The van der Waals surface area contributed by atoms with E-state index in [2.05, 4.69) is 4.98 Å². The quantitative estimate of drug-likeness (QED) is 0.595. The van der Waals surface area contributed by atoms with Crippen LogP contribution in [0.1, 0.15) is 28.9 Å². The van der Waals surface area contributed by atoms with E-state index >= 15 is 0 Å². The van der Waals surface area contributed by atoms with Crippen LogP contribution >= 0.6 is 0 Å². The smallest absolute Gasteiger partial charge is 0.170 e. The minimum atomic E-state index is 0.560. The van der Waals surface area contributed by atoms with Gasteiger partial charge in [0, 0.05) is 19.2 Å². The number of hydrogen-bond acceptors (Lipinski definition) is 2. The van der Waals surface area contributed by atoms with Gasteiger partial charge in [0.05, 0.1) is 0 Å². The van der Waals surface area contributed by atoms with Gasteiger partial charge >= 0.3 is 0 Å². The van der Waals surface area contributed by atoms with Crippen LogP contribution in [-0.4, -0.2) is 15.8 Å². The second-order valence-electron chi connectivity index (χ2n) is 2.53. The fourth-order valence-corrected chi connectivity index (χ4v) is 1.09. The standard InChI is InChI=1S/C8H12N2O/c1-4-8-9-7(5-11)6(2)10(8)3/h5H,4H2,1-3H3. The molecule has 0 saturated heterocycles. The Morgan fingerprint density at radius 3 is 2.55 bits per heavy atom. The van der Waals surface area contributed by atoms with E-state index in [-0.39, 0.29) is 0 Å². The van der Waals surface area contributed by atoms with Gasteiger partial charge in [-0.3, -0.25) is 4.79 Å². The van der Waals surface area contributed by atoms with Crippen LogP contribution < -0.4 is 0 Å². The molecule has 1 aromatic rings. The molecular weight excluding hydrogens is 140 g/mol. The molecule has 0 spiro atoms. The van der Waals surface area contributed by atoms with Crippen LogP contribution in [0.25, 0.3) is 0 Å². The van der Waals surface area contributed by atoms with E-state index in [1.165, 1.54) is 0 Å². The Hall–Kier alpha value is -1.12. The van der Waals surface area contributed by atoms with E-state index in [0.717, 1.165) is 24.2 Å². The van der Waals surface area contributed by atoms with Crippen molar-refractivity contribution >= 4 is 6.29 Å². The summed E-state index contributed by atoms with van der Waals surface area (Å²) in [5, 5.41) is 0. The third-order valence-electron chi connectivity index (χ3n) is 1.94. The van der Waals surface area contributed by atoms with Gasteiger partial charge in [0.25, 0.3) is 0 Å². The Labute approximate surface area is 66.1 Å². The minimum Gasteiger partial charge on any atom is -0.335 e. The van der Waals surface area contributed by atoms with Gasteiger partial charge in [0.2, 0.25) is 0 Å². The Morgan fingerprint density at radius 2 is 2.27 bits per heavy atom. The first kappa shape index (κ1) is 7.98. The van der Waals surface area contributed by atoms with Gasteiger partial charge in [-0.2, -0.15) is 0 Å². The molecule has 0 bridgehead atoms. The fraction of sp³-hybridized carbons (Fsp3) is 0.500. The molecule has 3 heteroatoms. The van der Waals surface area contributed by atoms with Crippen molar-refractivity contribution in [2.24, 2.45) is 7.05 Å². The molecule has 1 aromatic heterocycles. The largest absolute Gasteiger partial charge is 0.335 e. The van der Waals surface area contributed by atoms with Crippen LogP contribution in [0.15, 0.2) is 0 Å². The Bertz CT molecular complexity index is 276. The van der Waals surface area contributed by atoms with Gasteiger partial charge in [-0.1, -0.05) is 6.92 Å². The molecule has 11 heavy (non-hydrogen) atoms. The zero-order valence-electron chi connectivity index (χ0n) is 7.09. The predicted octanol–water partition coefficient (Wildman–Crippen LogP) is 1.10. The lowest BCUT2D eigenvalue weighted by atomic mass is 10.4. The Balaban J connectivity index is 3.22. The molecule has 0 radical (unpaired) electrons. The average Bonchev–Trinajstić information content (AvgIpc) is 2.30. The van der Waals surface area contributed by atoms with E-state index < -0.39 is 0 Å². The Kier molecular flexibility index (Phi) is 2.08. The number of rotatable bonds is 2. The lowest BCUT2D eigenvalue weighted by molar-refractivity contribution is 0.111. The first-order chi connectivity index (χ1) is 5.20. The van der Waals surface area contributed by atoms with Crippen LogP contribution in [0, 0.1) is 6.92 Å². The molecular formula is C8H12N2O. The van der Waals surface area contributed by atoms with Crippen molar-refractivity contribution in [1.29, 1.82) is 0 Å². The van der Waals surface area contributed by atoms with E-state index in [0.29, 0.717) is 5.69 Å². The summed E-state index contributed by atoms with van der Waals surface area (Å²) in [6, 6.07) is 0. The minimum absolute atomic E-state index is 0.560. The van der Waals surface area contributed by atoms with Gasteiger partial charge in [-0.15, -0.1) is 0 Å². The molecule has 0 unspecified atom stereocenters. The summed E-state index contributed by atoms with van der Waals surface area (Å²) in [6.07, 6.45) is 1.67. The van der Waals surface area contributed by atoms with Crippen LogP contribution in [0.2, 0.25) is 0 Å². The molecule has 0 aliphatic heterocycles. The lowest BCUT2D eigenvalue weighted by Gasteiger charge is -1.97. The van der Waals surface area contributed by atoms with Crippen molar-refractivity contribution in [2.45, 2.75) is 20.3 Å². The molecule has 0 aliphatic carbocycles. The summed E-state index contributed by atoms with van der Waals surface area (Å²) in [5.41, 5.74) is 1.50. The maximum atomic E-state index is 10.4. The molecule has 0 N–H and O–H groups in total. The summed E-state index contributed by atoms with van der Waals surface area (Å²) in [5.74, 6) is 0.963. The number of imidazole rings is 1. The number of carbonyl (C=O) groups is 1. The second-order valence-corrected chi connectivity index (χ2v) is 2.53. The fourth-order valence-electron chi connectivity index (χ4n) is 1.09. The highest BCUT2D eigenvalue weighted by Gasteiger charge is 2.07. The SMILES string of the molecule is CCc1nc(C=O)c(C)n1C. The number of aryl methyl sites for hydroxylation is 1. The van der Waals surface area contributed by atoms with Gasteiger partial charge in [-0.05, 0) is 6.92 Å². The number of carbonyl (C=O) groups excluding carboxylic acids is 1. The van der Waals surface area contributed by atoms with Gasteiger partial charge in [-0.25, -0.2) is 4.98 Å². The van der Waals surface area contributed by atoms with Crippen LogP contribution in [0.3, 0.4) is 0 Å². The zero-order valence-corrected chi connectivity index (χ0v) is 7.09. The van der Waals surface area contributed by atoms with Crippen molar-refractivity contribution in [2.75, 3.05) is 0 Å². The highest BCUT2D eigenvalue weighted by Crippen LogP contribution is 2.06. The van der Waals surface area contributed by atoms with Crippen molar-refractivity contribution in [3.05, 3.63) is 17.2 Å². The normalized spacial score (nSPS) is 10.1. The third-order valence-corrected chi connectivity index (χ3v) is 1.94. The molecule has 0 fully saturated rings. The van der Waals surface area contributed by atoms with E-state index in [9.17, 15) is 4.79 Å². The van der Waals surface area contributed by atoms with E-state index in [4.69, 9.17) is 0 Å². The summed E-state index contributed by atoms with van der Waals surface area (Å²) >= 11 is 0. The molecule has 1 heterocycles. The molecule has 3 nitrogen and oxygen atoms in total. The topological polar surface area (TPSA) is 34.9 Å². The molecule has 0 aromatic carbocycles. The van der Waals surface area contributed by atoms with Gasteiger partial charge < -0.3 is 4.57 Å². The first-order valence-corrected chi connectivity index (χ1v) is 3.68. The lowest BCUT2D eigenvalue weighted by Crippen LogP contribution is -1.97. The number of nitrogens with zero attached hydrogens (tertiary/aromatic N) is 2. The number of aldehydes is 1. The van der Waals surface area contributed by atoms with Crippen LogP contribution in [-0.2, 0) is 13.5 Å².